The first kappa shape index (κ1) is 19.2. The lowest BCUT2D eigenvalue weighted by atomic mass is 10.1. The molecule has 0 amide bonds. The van der Waals surface area contributed by atoms with E-state index in [4.69, 9.17) is 4.74 Å². The van der Waals surface area contributed by atoms with Crippen molar-refractivity contribution in [3.63, 3.8) is 0 Å². The molecule has 1 atom stereocenters. The number of thioether (sulfide) groups is 1. The smallest absolute Gasteiger partial charge is 0.192 e. The molecular formula is C21H23N3O2S. The summed E-state index contributed by atoms with van der Waals surface area (Å²) in [5.74, 6) is 1.58. The molecule has 3 rings (SSSR count). The molecule has 5 nitrogen and oxygen atoms in total. The Morgan fingerprint density at radius 2 is 1.85 bits per heavy atom. The first-order valence-corrected chi connectivity index (χ1v) is 9.77. The molecule has 0 aliphatic carbocycles. The zero-order valence-electron chi connectivity index (χ0n) is 16.0. The van der Waals surface area contributed by atoms with Gasteiger partial charge in [0.25, 0.3) is 0 Å². The fraction of sp³-hybridized carbons (Fsp3) is 0.286. The van der Waals surface area contributed by atoms with Crippen LogP contribution in [0.15, 0.2) is 53.7 Å². The molecule has 27 heavy (non-hydrogen) atoms. The van der Waals surface area contributed by atoms with Crippen LogP contribution in [0, 0.1) is 6.92 Å². The van der Waals surface area contributed by atoms with E-state index in [0.29, 0.717) is 12.1 Å². The van der Waals surface area contributed by atoms with Crippen LogP contribution in [0.5, 0.6) is 5.75 Å². The topological polar surface area (TPSA) is 57.0 Å². The van der Waals surface area contributed by atoms with Crippen LogP contribution >= 0.6 is 11.8 Å². The fourth-order valence-corrected chi connectivity index (χ4v) is 3.84. The molecule has 0 spiro atoms. The second-order valence-electron chi connectivity index (χ2n) is 6.24. The second kappa shape index (κ2) is 8.39. The Morgan fingerprint density at radius 3 is 2.52 bits per heavy atom. The normalized spacial score (nSPS) is 12.0. The molecule has 1 aromatic heterocycles. The van der Waals surface area contributed by atoms with Crippen LogP contribution < -0.4 is 4.74 Å². The molecule has 1 heterocycles. The number of hydrogen-bond donors (Lipinski definition) is 0. The summed E-state index contributed by atoms with van der Waals surface area (Å²) in [5, 5.41) is 9.17. The average Bonchev–Trinajstić information content (AvgIpc) is 3.10. The van der Waals surface area contributed by atoms with Crippen molar-refractivity contribution in [1.29, 1.82) is 0 Å². The second-order valence-corrected chi connectivity index (χ2v) is 7.55. The van der Waals surface area contributed by atoms with Gasteiger partial charge in [0.1, 0.15) is 5.75 Å². The molecule has 0 radical (unpaired) electrons. The molecule has 0 bridgehead atoms. The molecule has 0 saturated carbocycles. The number of methoxy groups -OCH3 is 1. The van der Waals surface area contributed by atoms with Gasteiger partial charge < -0.3 is 9.30 Å². The van der Waals surface area contributed by atoms with Gasteiger partial charge in [0.15, 0.2) is 16.8 Å². The van der Waals surface area contributed by atoms with Crippen LogP contribution in [0.4, 0.5) is 0 Å². The third kappa shape index (κ3) is 4.06. The lowest BCUT2D eigenvalue weighted by molar-refractivity contribution is 0.0994. The highest BCUT2D eigenvalue weighted by Crippen LogP contribution is 2.32. The van der Waals surface area contributed by atoms with E-state index in [-0.39, 0.29) is 11.0 Å². The van der Waals surface area contributed by atoms with Crippen LogP contribution in [0.3, 0.4) is 0 Å². The fourth-order valence-electron chi connectivity index (χ4n) is 2.85. The zero-order valence-corrected chi connectivity index (χ0v) is 16.8. The number of aryl methyl sites for hydroxylation is 1. The van der Waals surface area contributed by atoms with Gasteiger partial charge in [0.05, 0.1) is 17.9 Å². The van der Waals surface area contributed by atoms with Crippen LogP contribution in [0.25, 0.3) is 11.4 Å². The quantitative estimate of drug-likeness (QED) is 0.441. The van der Waals surface area contributed by atoms with Crippen LogP contribution in [-0.4, -0.2) is 32.9 Å². The predicted molar refractivity (Wildman–Crippen MR) is 109 cm³/mol. The number of Topliss-reactive ketones (excluding diaryl/α,β-unsaturated/α-hetero) is 1. The molecule has 3 aromatic rings. The highest BCUT2D eigenvalue weighted by atomic mass is 32.2. The zero-order chi connectivity index (χ0) is 19.4. The standard InChI is InChI=1S/C21H23N3O2S/c1-5-24-20(17-8-6-7-9-18(17)26-4)22-23-21(24)27-15(3)19(25)16-12-10-14(2)11-13-16/h6-13,15H,5H2,1-4H3/t15-/m0/s1. The highest BCUT2D eigenvalue weighted by Gasteiger charge is 2.22. The number of carbonyl (C=O) groups is 1. The first-order chi connectivity index (χ1) is 13.0. The molecule has 0 aliphatic heterocycles. The number of hydrogen-bond acceptors (Lipinski definition) is 5. The van der Waals surface area contributed by atoms with Crippen molar-refractivity contribution in [1.82, 2.24) is 14.8 Å². The van der Waals surface area contributed by atoms with Gasteiger partial charge in [-0.2, -0.15) is 0 Å². The predicted octanol–water partition coefficient (Wildman–Crippen LogP) is 4.65. The first-order valence-electron chi connectivity index (χ1n) is 8.89. The summed E-state index contributed by atoms with van der Waals surface area (Å²) in [6, 6.07) is 15.4. The van der Waals surface area contributed by atoms with E-state index in [1.807, 2.05) is 73.9 Å². The van der Waals surface area contributed by atoms with E-state index in [2.05, 4.69) is 10.2 Å². The number of rotatable bonds is 7. The van der Waals surface area contributed by atoms with Gasteiger partial charge in [-0.3, -0.25) is 4.79 Å². The van der Waals surface area contributed by atoms with Crippen molar-refractivity contribution in [2.45, 2.75) is 37.7 Å². The summed E-state index contributed by atoms with van der Waals surface area (Å²) < 4.78 is 7.47. The summed E-state index contributed by atoms with van der Waals surface area (Å²) >= 11 is 1.43. The van der Waals surface area contributed by atoms with Crippen LogP contribution in [0.1, 0.15) is 29.8 Å². The Kier molecular flexibility index (Phi) is 5.96. The third-order valence-corrected chi connectivity index (χ3v) is 5.45. The highest BCUT2D eigenvalue weighted by molar-refractivity contribution is 8.00. The van der Waals surface area contributed by atoms with Crippen LogP contribution in [0.2, 0.25) is 0 Å². The summed E-state index contributed by atoms with van der Waals surface area (Å²) in [7, 11) is 1.64. The number of benzene rings is 2. The SMILES string of the molecule is CCn1c(S[C@@H](C)C(=O)c2ccc(C)cc2)nnc1-c1ccccc1OC. The van der Waals surface area contributed by atoms with Gasteiger partial charge in [-0.1, -0.05) is 53.7 Å². The van der Waals surface area contributed by atoms with Gasteiger partial charge >= 0.3 is 0 Å². The minimum Gasteiger partial charge on any atom is -0.496 e. The molecule has 0 aliphatic rings. The van der Waals surface area contributed by atoms with Crippen molar-refractivity contribution in [3.05, 3.63) is 59.7 Å². The molecule has 2 aromatic carbocycles. The monoisotopic (exact) mass is 381 g/mol. The molecule has 140 valence electrons. The molecule has 0 fully saturated rings. The van der Waals surface area contributed by atoms with E-state index < -0.39 is 0 Å². The van der Waals surface area contributed by atoms with Crippen molar-refractivity contribution >= 4 is 17.5 Å². The lowest BCUT2D eigenvalue weighted by Gasteiger charge is -2.13. The van der Waals surface area contributed by atoms with Crippen molar-refractivity contribution in [3.8, 4) is 17.1 Å². The Morgan fingerprint density at radius 1 is 1.15 bits per heavy atom. The Bertz CT molecular complexity index is 935. The third-order valence-electron chi connectivity index (χ3n) is 4.37. The number of ether oxygens (including phenoxy) is 1. The number of para-hydroxylation sites is 1. The average molecular weight is 382 g/mol. The van der Waals surface area contributed by atoms with E-state index in [1.165, 1.54) is 11.8 Å². The van der Waals surface area contributed by atoms with Gasteiger partial charge in [-0.25, -0.2) is 0 Å². The molecule has 0 saturated heterocycles. The lowest BCUT2D eigenvalue weighted by Crippen LogP contribution is -2.14. The molecule has 0 unspecified atom stereocenters. The number of nitrogens with zero attached hydrogens (tertiary/aromatic N) is 3. The van der Waals surface area contributed by atoms with Gasteiger partial charge in [-0.05, 0) is 32.9 Å². The number of carbonyl (C=O) groups excluding carboxylic acids is 1. The summed E-state index contributed by atoms with van der Waals surface area (Å²) in [5.41, 5.74) is 2.74. The van der Waals surface area contributed by atoms with Crippen LogP contribution in [-0.2, 0) is 6.54 Å². The molecule has 0 N–H and O–H groups in total. The maximum atomic E-state index is 12.7. The van der Waals surface area contributed by atoms with Gasteiger partial charge in [-0.15, -0.1) is 10.2 Å². The Hall–Kier alpha value is -2.60. The van der Waals surface area contributed by atoms with Crippen molar-refractivity contribution < 1.29 is 9.53 Å². The summed E-state index contributed by atoms with van der Waals surface area (Å²) in [4.78, 5) is 12.7. The minimum atomic E-state index is -0.257. The number of ketones is 1. The summed E-state index contributed by atoms with van der Waals surface area (Å²) in [6.07, 6.45) is 0. The van der Waals surface area contributed by atoms with E-state index in [0.717, 1.165) is 27.9 Å². The van der Waals surface area contributed by atoms with E-state index >= 15 is 0 Å². The van der Waals surface area contributed by atoms with Crippen molar-refractivity contribution in [2.24, 2.45) is 0 Å². The van der Waals surface area contributed by atoms with Gasteiger partial charge in [0.2, 0.25) is 0 Å². The largest absolute Gasteiger partial charge is 0.496 e. The minimum absolute atomic E-state index is 0.0875. The summed E-state index contributed by atoms with van der Waals surface area (Å²) in [6.45, 7) is 6.66. The maximum Gasteiger partial charge on any atom is 0.192 e. The maximum absolute atomic E-state index is 12.7. The van der Waals surface area contributed by atoms with E-state index in [1.54, 1.807) is 7.11 Å². The Balaban J connectivity index is 1.86. The van der Waals surface area contributed by atoms with E-state index in [9.17, 15) is 4.79 Å². The molecular weight excluding hydrogens is 358 g/mol. The number of aromatic nitrogens is 3. The Labute approximate surface area is 163 Å². The molecule has 6 heteroatoms. The van der Waals surface area contributed by atoms with Crippen molar-refractivity contribution in [2.75, 3.05) is 7.11 Å². The van der Waals surface area contributed by atoms with Gasteiger partial charge in [0, 0.05) is 12.1 Å².